The minimum atomic E-state index is -1.06. The fourth-order valence-electron chi connectivity index (χ4n) is 5.23. The molecule has 0 aliphatic rings. The summed E-state index contributed by atoms with van der Waals surface area (Å²) < 4.78 is 27.2. The van der Waals surface area contributed by atoms with E-state index in [1.165, 1.54) is 74.7 Å². The van der Waals surface area contributed by atoms with Crippen LogP contribution >= 0.6 is 11.6 Å². The van der Waals surface area contributed by atoms with Crippen LogP contribution in [0.2, 0.25) is 5.02 Å². The summed E-state index contributed by atoms with van der Waals surface area (Å²) in [5.74, 6) is -1.41. The van der Waals surface area contributed by atoms with Crippen molar-refractivity contribution in [2.24, 2.45) is 0 Å². The van der Waals surface area contributed by atoms with Gasteiger partial charge in [0.15, 0.2) is 6.10 Å². The van der Waals surface area contributed by atoms with Crippen molar-refractivity contribution in [3.63, 3.8) is 0 Å². The van der Waals surface area contributed by atoms with Crippen LogP contribution in [-0.2, 0) is 14.3 Å². The van der Waals surface area contributed by atoms with Crippen molar-refractivity contribution >= 4 is 35.5 Å². The molecule has 0 aromatic heterocycles. The molecule has 0 aliphatic heterocycles. The minimum absolute atomic E-state index is 0.181. The molecule has 0 heterocycles. The maximum absolute atomic E-state index is 12.8. The van der Waals surface area contributed by atoms with Crippen LogP contribution in [0.1, 0.15) is 110 Å². The molecule has 0 saturated heterocycles. The van der Waals surface area contributed by atoms with Gasteiger partial charge in [-0.15, -0.1) is 0 Å². The Hall–Kier alpha value is -5.15. The van der Waals surface area contributed by atoms with E-state index < -0.39 is 30.0 Å². The number of carbonyl (C=O) groups is 4. The predicted molar refractivity (Wildman–Crippen MR) is 204 cm³/mol. The average molecular weight is 743 g/mol. The van der Waals surface area contributed by atoms with Crippen LogP contribution in [0.5, 0.6) is 17.2 Å². The highest BCUT2D eigenvalue weighted by atomic mass is 35.5. The highest BCUT2D eigenvalue weighted by Crippen LogP contribution is 2.31. The Morgan fingerprint density at radius 2 is 1.04 bits per heavy atom. The molecule has 0 spiro atoms. The van der Waals surface area contributed by atoms with Crippen LogP contribution in [0.3, 0.4) is 0 Å². The molecule has 0 aliphatic carbocycles. The minimum Gasteiger partial charge on any atom is -0.492 e. The molecule has 0 radical (unpaired) electrons. The lowest BCUT2D eigenvalue weighted by Gasteiger charge is -2.13. The maximum Gasteiger partial charge on any atom is 0.347 e. The maximum atomic E-state index is 12.8. The van der Waals surface area contributed by atoms with Gasteiger partial charge in [-0.1, -0.05) is 88.6 Å². The predicted octanol–water partition coefficient (Wildman–Crippen LogP) is 10.5. The Morgan fingerprint density at radius 3 is 1.58 bits per heavy atom. The van der Waals surface area contributed by atoms with Crippen LogP contribution in [0, 0.1) is 0 Å². The zero-order valence-electron chi connectivity index (χ0n) is 30.6. The number of carbonyl (C=O) groups excluding carboxylic acids is 4. The van der Waals surface area contributed by atoms with E-state index >= 15 is 0 Å². The van der Waals surface area contributed by atoms with E-state index in [-0.39, 0.29) is 29.2 Å². The van der Waals surface area contributed by atoms with Gasteiger partial charge in [-0.25, -0.2) is 19.2 Å². The van der Waals surface area contributed by atoms with Crippen LogP contribution in [-0.4, -0.2) is 43.2 Å². The molecular weight excluding hydrogens is 696 g/mol. The Labute approximate surface area is 316 Å². The number of ether oxygens (including phenoxy) is 5. The van der Waals surface area contributed by atoms with Crippen molar-refractivity contribution in [2.45, 2.75) is 84.7 Å². The second-order valence-electron chi connectivity index (χ2n) is 12.6. The van der Waals surface area contributed by atoms with E-state index in [0.29, 0.717) is 22.9 Å². The van der Waals surface area contributed by atoms with Crippen molar-refractivity contribution in [3.05, 3.63) is 113 Å². The fourth-order valence-corrected chi connectivity index (χ4v) is 5.46. The summed E-state index contributed by atoms with van der Waals surface area (Å²) in [7, 11) is 0. The SMILES string of the molecule is CCCCCCCOc1ccc(-c2ccc(C(=O)Oc3ccc(C(=O)Oc4ccc(C(=O)OC(C)C(=O)OCCCCCC)cc4)cc3)cc2)cc1Cl. The van der Waals surface area contributed by atoms with E-state index in [9.17, 15) is 19.2 Å². The van der Waals surface area contributed by atoms with Gasteiger partial charge in [-0.05, 0) is 104 Å². The number of hydrogen-bond donors (Lipinski definition) is 0. The third-order valence-electron chi connectivity index (χ3n) is 8.35. The van der Waals surface area contributed by atoms with Gasteiger partial charge in [0.1, 0.15) is 17.2 Å². The lowest BCUT2D eigenvalue weighted by molar-refractivity contribution is -0.153. The largest absolute Gasteiger partial charge is 0.492 e. The highest BCUT2D eigenvalue weighted by Gasteiger charge is 2.21. The van der Waals surface area contributed by atoms with E-state index in [1.54, 1.807) is 12.1 Å². The molecule has 10 heteroatoms. The summed E-state index contributed by atoms with van der Waals surface area (Å²) in [6.07, 6.45) is 8.60. The Kier molecular flexibility index (Phi) is 16.4. The van der Waals surface area contributed by atoms with Gasteiger partial charge in [-0.2, -0.15) is 0 Å². The fraction of sp³-hybridized carbons (Fsp3) is 0.349. The van der Waals surface area contributed by atoms with Gasteiger partial charge in [0.2, 0.25) is 0 Å². The van der Waals surface area contributed by atoms with Gasteiger partial charge in [0.05, 0.1) is 34.9 Å². The lowest BCUT2D eigenvalue weighted by atomic mass is 10.0. The summed E-state index contributed by atoms with van der Waals surface area (Å²) >= 11 is 6.49. The number of esters is 4. The molecule has 9 nitrogen and oxygen atoms in total. The molecule has 0 saturated carbocycles. The van der Waals surface area contributed by atoms with Gasteiger partial charge in [0.25, 0.3) is 0 Å². The summed E-state index contributed by atoms with van der Waals surface area (Å²) in [6.45, 7) is 6.65. The molecule has 0 bridgehead atoms. The first-order valence-corrected chi connectivity index (χ1v) is 18.6. The van der Waals surface area contributed by atoms with Gasteiger partial charge in [-0.3, -0.25) is 0 Å². The summed E-state index contributed by atoms with van der Waals surface area (Å²) in [5.41, 5.74) is 2.53. The number of hydrogen-bond acceptors (Lipinski definition) is 9. The number of rotatable bonds is 20. The zero-order chi connectivity index (χ0) is 38.0. The van der Waals surface area contributed by atoms with Crippen molar-refractivity contribution in [1.29, 1.82) is 0 Å². The van der Waals surface area contributed by atoms with E-state index in [2.05, 4.69) is 13.8 Å². The summed E-state index contributed by atoms with van der Waals surface area (Å²) in [6, 6.07) is 24.3. The Balaban J connectivity index is 1.23. The molecule has 0 N–H and O–H groups in total. The van der Waals surface area contributed by atoms with Crippen LogP contribution in [0.25, 0.3) is 11.1 Å². The third-order valence-corrected chi connectivity index (χ3v) is 8.65. The van der Waals surface area contributed by atoms with Crippen molar-refractivity contribution in [1.82, 2.24) is 0 Å². The normalized spacial score (nSPS) is 11.3. The van der Waals surface area contributed by atoms with Crippen molar-refractivity contribution < 1.29 is 42.9 Å². The van der Waals surface area contributed by atoms with Gasteiger partial charge >= 0.3 is 23.9 Å². The molecule has 53 heavy (non-hydrogen) atoms. The molecule has 1 unspecified atom stereocenters. The quantitative estimate of drug-likeness (QED) is 0.0496. The van der Waals surface area contributed by atoms with Crippen molar-refractivity contribution in [3.8, 4) is 28.4 Å². The Morgan fingerprint density at radius 1 is 0.566 bits per heavy atom. The molecule has 0 amide bonds. The summed E-state index contributed by atoms with van der Waals surface area (Å²) in [5, 5.41) is 0.529. The third kappa shape index (κ3) is 13.1. The topological polar surface area (TPSA) is 114 Å². The first-order chi connectivity index (χ1) is 25.7. The average Bonchev–Trinajstić information content (AvgIpc) is 3.17. The number of benzene rings is 4. The monoisotopic (exact) mass is 742 g/mol. The second kappa shape index (κ2) is 21.4. The number of halogens is 1. The van der Waals surface area contributed by atoms with Gasteiger partial charge in [0, 0.05) is 0 Å². The lowest BCUT2D eigenvalue weighted by Crippen LogP contribution is -2.26. The van der Waals surface area contributed by atoms with Crippen LogP contribution in [0.4, 0.5) is 0 Å². The molecule has 280 valence electrons. The first kappa shape index (κ1) is 40.6. The van der Waals surface area contributed by atoms with Gasteiger partial charge < -0.3 is 23.7 Å². The zero-order valence-corrected chi connectivity index (χ0v) is 31.3. The highest BCUT2D eigenvalue weighted by molar-refractivity contribution is 6.32. The van der Waals surface area contributed by atoms with Crippen LogP contribution in [0.15, 0.2) is 91.0 Å². The molecule has 4 aromatic carbocycles. The van der Waals surface area contributed by atoms with Crippen molar-refractivity contribution in [2.75, 3.05) is 13.2 Å². The standard InChI is InChI=1S/C43H47ClO9/c1-4-6-8-10-12-27-49-39-26-21-35(29-38(39)44)31-13-15-32(16-14-31)42(47)52-37-24-19-34(20-25-37)43(48)53-36-22-17-33(18-23-36)41(46)51-30(3)40(45)50-28-11-9-7-5-2/h13-26,29-30H,4-12,27-28H2,1-3H3. The van der Waals surface area contributed by atoms with E-state index in [1.807, 2.05) is 30.3 Å². The number of unbranched alkanes of at least 4 members (excludes halogenated alkanes) is 7. The molecule has 1 atom stereocenters. The first-order valence-electron chi connectivity index (χ1n) is 18.2. The molecule has 4 aromatic rings. The molecule has 4 rings (SSSR count). The van der Waals surface area contributed by atoms with Crippen LogP contribution < -0.4 is 14.2 Å². The molecule has 0 fully saturated rings. The smallest absolute Gasteiger partial charge is 0.347 e. The summed E-state index contributed by atoms with van der Waals surface area (Å²) in [4.78, 5) is 50.2. The van der Waals surface area contributed by atoms with E-state index in [0.717, 1.165) is 49.7 Å². The Bertz CT molecular complexity index is 1780. The molecular formula is C43H47ClO9. The second-order valence-corrected chi connectivity index (χ2v) is 13.0. The van der Waals surface area contributed by atoms with E-state index in [4.69, 9.17) is 35.3 Å².